The zero-order chi connectivity index (χ0) is 13.1. The van der Waals surface area contributed by atoms with Crippen molar-refractivity contribution in [1.29, 1.82) is 0 Å². The van der Waals surface area contributed by atoms with Gasteiger partial charge >= 0.3 is 0 Å². The first-order valence-corrected chi connectivity index (χ1v) is 6.27. The summed E-state index contributed by atoms with van der Waals surface area (Å²) in [6.07, 6.45) is 1.11. The summed E-state index contributed by atoms with van der Waals surface area (Å²) in [7, 11) is 0. The molecule has 2 N–H and O–H groups in total. The molecule has 0 spiro atoms. The molecule has 0 aliphatic carbocycles. The molecule has 0 aromatic heterocycles. The lowest BCUT2D eigenvalue weighted by Crippen LogP contribution is -1.93. The van der Waals surface area contributed by atoms with Crippen LogP contribution < -0.4 is 5.73 Å². The smallest absolute Gasteiger partial charge is 0.123 e. The second-order valence-electron chi connectivity index (χ2n) is 4.66. The van der Waals surface area contributed by atoms with Crippen LogP contribution >= 0.6 is 0 Å². The van der Waals surface area contributed by atoms with Gasteiger partial charge in [0.15, 0.2) is 0 Å². The Balaban J connectivity index is 2.37. The number of hydrogen-bond acceptors (Lipinski definition) is 1. The molecule has 1 unspecified atom stereocenters. The van der Waals surface area contributed by atoms with E-state index in [0.717, 1.165) is 17.5 Å². The Morgan fingerprint density at radius 3 is 2.39 bits per heavy atom. The second-order valence-corrected chi connectivity index (χ2v) is 4.66. The summed E-state index contributed by atoms with van der Waals surface area (Å²) >= 11 is 0. The van der Waals surface area contributed by atoms with Crippen LogP contribution in [0.5, 0.6) is 0 Å². The molecular formula is C16H18FN. The van der Waals surface area contributed by atoms with E-state index in [2.05, 4.69) is 26.0 Å². The first kappa shape index (κ1) is 12.6. The quantitative estimate of drug-likeness (QED) is 0.784. The highest BCUT2D eigenvalue weighted by atomic mass is 19.1. The summed E-state index contributed by atoms with van der Waals surface area (Å²) in [5.41, 5.74) is 9.50. The fourth-order valence-corrected chi connectivity index (χ4v) is 2.01. The van der Waals surface area contributed by atoms with Gasteiger partial charge in [0.05, 0.1) is 0 Å². The Labute approximate surface area is 107 Å². The molecule has 0 aliphatic heterocycles. The van der Waals surface area contributed by atoms with E-state index in [1.165, 1.54) is 17.7 Å². The molecule has 0 radical (unpaired) electrons. The molecular weight excluding hydrogens is 225 g/mol. The first-order chi connectivity index (χ1) is 8.61. The molecule has 2 rings (SSSR count). The van der Waals surface area contributed by atoms with Crippen molar-refractivity contribution in [2.24, 2.45) is 0 Å². The van der Waals surface area contributed by atoms with Gasteiger partial charge in [0.25, 0.3) is 0 Å². The summed E-state index contributed by atoms with van der Waals surface area (Å²) in [5.74, 6) is 0.286. The Morgan fingerprint density at radius 2 is 1.78 bits per heavy atom. The van der Waals surface area contributed by atoms with Gasteiger partial charge in [0, 0.05) is 11.3 Å². The second kappa shape index (κ2) is 5.21. The number of halogens is 1. The number of hydrogen-bond donors (Lipinski definition) is 1. The summed E-state index contributed by atoms with van der Waals surface area (Å²) in [6.45, 7) is 4.37. The van der Waals surface area contributed by atoms with Crippen LogP contribution in [-0.4, -0.2) is 0 Å². The third kappa shape index (κ3) is 2.53. The molecule has 0 saturated heterocycles. The predicted molar refractivity (Wildman–Crippen MR) is 75.0 cm³/mol. The van der Waals surface area contributed by atoms with Crippen molar-refractivity contribution in [3.8, 4) is 11.1 Å². The van der Waals surface area contributed by atoms with Gasteiger partial charge in [0.1, 0.15) is 5.82 Å². The monoisotopic (exact) mass is 243 g/mol. The van der Waals surface area contributed by atoms with Crippen molar-refractivity contribution in [3.63, 3.8) is 0 Å². The van der Waals surface area contributed by atoms with E-state index in [4.69, 9.17) is 5.73 Å². The normalized spacial score (nSPS) is 12.4. The predicted octanol–water partition coefficient (Wildman–Crippen LogP) is 4.59. The van der Waals surface area contributed by atoms with Crippen molar-refractivity contribution >= 4 is 5.69 Å². The van der Waals surface area contributed by atoms with Crippen LogP contribution in [0.3, 0.4) is 0 Å². The molecule has 0 heterocycles. The van der Waals surface area contributed by atoms with Crippen LogP contribution in [0, 0.1) is 5.82 Å². The number of rotatable bonds is 3. The SMILES string of the molecule is CCC(C)c1ccc(-c2cc(F)ccc2N)cc1. The molecule has 0 bridgehead atoms. The van der Waals surface area contributed by atoms with Crippen LogP contribution in [-0.2, 0) is 0 Å². The molecule has 1 atom stereocenters. The number of nitrogen functional groups attached to an aromatic ring is 1. The van der Waals surface area contributed by atoms with Gasteiger partial charge < -0.3 is 5.73 Å². The average molecular weight is 243 g/mol. The highest BCUT2D eigenvalue weighted by molar-refractivity contribution is 5.76. The van der Waals surface area contributed by atoms with Gasteiger partial charge in [-0.25, -0.2) is 4.39 Å². The lowest BCUT2D eigenvalue weighted by molar-refractivity contribution is 0.628. The van der Waals surface area contributed by atoms with Gasteiger partial charge in [-0.05, 0) is 41.7 Å². The minimum atomic E-state index is -0.259. The van der Waals surface area contributed by atoms with Crippen molar-refractivity contribution < 1.29 is 4.39 Å². The molecule has 1 nitrogen and oxygen atoms in total. The Kier molecular flexibility index (Phi) is 3.66. The summed E-state index contributed by atoms with van der Waals surface area (Å²) < 4.78 is 13.2. The Morgan fingerprint density at radius 1 is 1.11 bits per heavy atom. The maximum atomic E-state index is 13.2. The zero-order valence-electron chi connectivity index (χ0n) is 10.8. The molecule has 94 valence electrons. The zero-order valence-corrected chi connectivity index (χ0v) is 10.8. The Hall–Kier alpha value is -1.83. The molecule has 2 aromatic rings. The molecule has 0 aliphatic rings. The third-order valence-corrected chi connectivity index (χ3v) is 3.42. The molecule has 0 amide bonds. The highest BCUT2D eigenvalue weighted by Crippen LogP contribution is 2.28. The lowest BCUT2D eigenvalue weighted by atomic mass is 9.95. The summed E-state index contributed by atoms with van der Waals surface area (Å²) in [5, 5.41) is 0. The number of anilines is 1. The fraction of sp³-hybridized carbons (Fsp3) is 0.250. The molecule has 2 aromatic carbocycles. The summed E-state index contributed by atoms with van der Waals surface area (Å²) in [4.78, 5) is 0. The molecule has 18 heavy (non-hydrogen) atoms. The van der Waals surface area contributed by atoms with Crippen LogP contribution in [0.1, 0.15) is 31.7 Å². The fourth-order valence-electron chi connectivity index (χ4n) is 2.01. The van der Waals surface area contributed by atoms with Crippen molar-refractivity contribution in [2.45, 2.75) is 26.2 Å². The number of benzene rings is 2. The standard InChI is InChI=1S/C16H18FN/c1-3-11(2)12-4-6-13(7-5-12)15-10-14(17)8-9-16(15)18/h4-11H,3,18H2,1-2H3. The summed E-state index contributed by atoms with van der Waals surface area (Å²) in [6, 6.07) is 12.7. The van der Waals surface area contributed by atoms with Crippen LogP contribution in [0.15, 0.2) is 42.5 Å². The Bertz CT molecular complexity index is 531. The molecule has 0 saturated carbocycles. The molecule has 0 fully saturated rings. The van der Waals surface area contributed by atoms with E-state index in [9.17, 15) is 4.39 Å². The van der Waals surface area contributed by atoms with Gasteiger partial charge in [-0.15, -0.1) is 0 Å². The van der Waals surface area contributed by atoms with Gasteiger partial charge in [-0.1, -0.05) is 38.1 Å². The van der Waals surface area contributed by atoms with Crippen molar-refractivity contribution in [1.82, 2.24) is 0 Å². The first-order valence-electron chi connectivity index (χ1n) is 6.27. The van der Waals surface area contributed by atoms with E-state index in [0.29, 0.717) is 11.6 Å². The van der Waals surface area contributed by atoms with E-state index in [-0.39, 0.29) is 5.82 Å². The lowest BCUT2D eigenvalue weighted by Gasteiger charge is -2.11. The maximum Gasteiger partial charge on any atom is 0.123 e. The van der Waals surface area contributed by atoms with E-state index >= 15 is 0 Å². The third-order valence-electron chi connectivity index (χ3n) is 3.42. The largest absolute Gasteiger partial charge is 0.398 e. The van der Waals surface area contributed by atoms with Gasteiger partial charge in [-0.3, -0.25) is 0 Å². The van der Waals surface area contributed by atoms with Crippen molar-refractivity contribution in [2.75, 3.05) is 5.73 Å². The van der Waals surface area contributed by atoms with E-state index in [1.807, 2.05) is 12.1 Å². The minimum Gasteiger partial charge on any atom is -0.398 e. The van der Waals surface area contributed by atoms with E-state index in [1.54, 1.807) is 6.07 Å². The van der Waals surface area contributed by atoms with Gasteiger partial charge in [-0.2, -0.15) is 0 Å². The van der Waals surface area contributed by atoms with Crippen molar-refractivity contribution in [3.05, 3.63) is 53.8 Å². The van der Waals surface area contributed by atoms with E-state index < -0.39 is 0 Å². The maximum absolute atomic E-state index is 13.2. The highest BCUT2D eigenvalue weighted by Gasteiger charge is 2.06. The van der Waals surface area contributed by atoms with Crippen LogP contribution in [0.25, 0.3) is 11.1 Å². The molecule has 2 heteroatoms. The number of nitrogens with two attached hydrogens (primary N) is 1. The minimum absolute atomic E-state index is 0.259. The topological polar surface area (TPSA) is 26.0 Å². The van der Waals surface area contributed by atoms with Crippen LogP contribution in [0.2, 0.25) is 0 Å². The van der Waals surface area contributed by atoms with Crippen LogP contribution in [0.4, 0.5) is 10.1 Å². The average Bonchev–Trinajstić information content (AvgIpc) is 2.41. The van der Waals surface area contributed by atoms with Gasteiger partial charge in [0.2, 0.25) is 0 Å².